The van der Waals surface area contributed by atoms with E-state index in [9.17, 15) is 14.4 Å². The number of halogens is 1. The van der Waals surface area contributed by atoms with Crippen LogP contribution in [-0.4, -0.2) is 29.7 Å². The van der Waals surface area contributed by atoms with E-state index in [0.29, 0.717) is 16.8 Å². The summed E-state index contributed by atoms with van der Waals surface area (Å²) in [5, 5.41) is 3.49. The molecule has 0 spiro atoms. The molecule has 3 aromatic rings. The van der Waals surface area contributed by atoms with Gasteiger partial charge in [0.05, 0.1) is 15.6 Å². The molecular formula is C18H11BrN2O4. The molecule has 1 aromatic heterocycles. The molecule has 2 aromatic carbocycles. The van der Waals surface area contributed by atoms with Gasteiger partial charge in [-0.3, -0.25) is 19.3 Å². The van der Waals surface area contributed by atoms with Crippen molar-refractivity contribution in [1.29, 1.82) is 0 Å². The lowest BCUT2D eigenvalue weighted by Gasteiger charge is -2.04. The maximum atomic E-state index is 12.4. The van der Waals surface area contributed by atoms with Gasteiger partial charge in [0, 0.05) is 18.1 Å². The van der Waals surface area contributed by atoms with Crippen LogP contribution in [0.2, 0.25) is 0 Å². The normalized spacial score (nSPS) is 13.4. The Kier molecular flexibility index (Phi) is 3.47. The Morgan fingerprint density at radius 3 is 2.60 bits per heavy atom. The zero-order chi connectivity index (χ0) is 17.7. The number of nitrogens with zero attached hydrogens (tertiary/aromatic N) is 1. The third-order valence-corrected chi connectivity index (χ3v) is 4.69. The smallest absolute Gasteiger partial charge is 0.291 e. The van der Waals surface area contributed by atoms with Crippen LogP contribution in [0.1, 0.15) is 31.3 Å². The van der Waals surface area contributed by atoms with Crippen LogP contribution in [0.15, 0.2) is 51.4 Å². The summed E-state index contributed by atoms with van der Waals surface area (Å²) in [4.78, 5) is 37.4. The molecule has 0 aliphatic carbocycles. The van der Waals surface area contributed by atoms with Gasteiger partial charge >= 0.3 is 0 Å². The zero-order valence-corrected chi connectivity index (χ0v) is 14.6. The number of hydrogen-bond acceptors (Lipinski definition) is 4. The molecule has 4 rings (SSSR count). The lowest BCUT2D eigenvalue weighted by Crippen LogP contribution is -2.24. The monoisotopic (exact) mass is 398 g/mol. The Balaban J connectivity index is 1.64. The minimum Gasteiger partial charge on any atom is -0.450 e. The Morgan fingerprint density at radius 1 is 1.08 bits per heavy atom. The summed E-state index contributed by atoms with van der Waals surface area (Å²) in [7, 11) is 1.43. The molecule has 0 saturated carbocycles. The Labute approximate surface area is 150 Å². The number of fused-ring (bicyclic) bond motifs is 2. The first-order valence-corrected chi connectivity index (χ1v) is 8.21. The molecule has 124 valence electrons. The summed E-state index contributed by atoms with van der Waals surface area (Å²) in [6.45, 7) is 0. The van der Waals surface area contributed by atoms with E-state index in [4.69, 9.17) is 4.42 Å². The summed E-state index contributed by atoms with van der Waals surface area (Å²) in [5.74, 6) is -1.01. The van der Waals surface area contributed by atoms with Gasteiger partial charge in [-0.2, -0.15) is 0 Å². The highest BCUT2D eigenvalue weighted by atomic mass is 79.9. The highest BCUT2D eigenvalue weighted by Gasteiger charge is 2.32. The predicted molar refractivity (Wildman–Crippen MR) is 94.7 cm³/mol. The van der Waals surface area contributed by atoms with Gasteiger partial charge in [0.2, 0.25) is 0 Å². The molecule has 0 unspecified atom stereocenters. The van der Waals surface area contributed by atoms with E-state index in [1.807, 2.05) is 18.2 Å². The maximum Gasteiger partial charge on any atom is 0.291 e. The van der Waals surface area contributed by atoms with E-state index >= 15 is 0 Å². The number of hydrogen-bond donors (Lipinski definition) is 1. The molecule has 0 bridgehead atoms. The van der Waals surface area contributed by atoms with E-state index in [0.717, 1.165) is 14.8 Å². The predicted octanol–water partition coefficient (Wildman–Crippen LogP) is 3.67. The van der Waals surface area contributed by atoms with Crippen LogP contribution in [0.25, 0.3) is 11.0 Å². The van der Waals surface area contributed by atoms with Crippen molar-refractivity contribution in [1.82, 2.24) is 4.90 Å². The summed E-state index contributed by atoms with van der Waals surface area (Å²) in [5.41, 5.74) is 1.61. The number of carbonyl (C=O) groups is 3. The molecule has 25 heavy (non-hydrogen) atoms. The van der Waals surface area contributed by atoms with E-state index in [2.05, 4.69) is 21.2 Å². The second-order valence-corrected chi connectivity index (χ2v) is 6.51. The van der Waals surface area contributed by atoms with Crippen molar-refractivity contribution in [3.8, 4) is 0 Å². The molecule has 6 nitrogen and oxygen atoms in total. The lowest BCUT2D eigenvalue weighted by atomic mass is 10.1. The number of para-hydroxylation sites is 1. The number of carbonyl (C=O) groups excluding carboxylic acids is 3. The van der Waals surface area contributed by atoms with Gasteiger partial charge in [-0.1, -0.05) is 12.1 Å². The van der Waals surface area contributed by atoms with Gasteiger partial charge in [-0.05, 0) is 46.3 Å². The minimum absolute atomic E-state index is 0.155. The van der Waals surface area contributed by atoms with Crippen molar-refractivity contribution in [2.24, 2.45) is 0 Å². The topological polar surface area (TPSA) is 79.6 Å². The van der Waals surface area contributed by atoms with Gasteiger partial charge < -0.3 is 9.73 Å². The second-order valence-electron chi connectivity index (χ2n) is 5.65. The molecular weight excluding hydrogens is 388 g/mol. The van der Waals surface area contributed by atoms with Crippen molar-refractivity contribution in [2.75, 3.05) is 12.4 Å². The molecule has 7 heteroatoms. The molecule has 2 heterocycles. The number of nitrogens with one attached hydrogen (secondary N) is 1. The summed E-state index contributed by atoms with van der Waals surface area (Å²) in [6, 6.07) is 11.8. The van der Waals surface area contributed by atoms with Crippen LogP contribution in [0.3, 0.4) is 0 Å². The first-order valence-electron chi connectivity index (χ1n) is 7.41. The van der Waals surface area contributed by atoms with Crippen LogP contribution >= 0.6 is 15.9 Å². The standard InChI is InChI=1S/C18H11BrN2O4/c1-21-17(23)11-6-5-10(8-12(11)18(21)24)20-16(22)14-7-9-3-2-4-13(19)15(9)25-14/h2-8H,1H3,(H,20,22). The largest absolute Gasteiger partial charge is 0.450 e. The zero-order valence-electron chi connectivity index (χ0n) is 13.0. The van der Waals surface area contributed by atoms with Crippen molar-refractivity contribution in [3.05, 3.63) is 63.8 Å². The third kappa shape index (κ3) is 2.44. The van der Waals surface area contributed by atoms with Crippen molar-refractivity contribution >= 4 is 50.3 Å². The Morgan fingerprint density at radius 2 is 1.84 bits per heavy atom. The SMILES string of the molecule is CN1C(=O)c2ccc(NC(=O)c3cc4cccc(Br)c4o3)cc2C1=O. The van der Waals surface area contributed by atoms with Crippen LogP contribution in [0.5, 0.6) is 0 Å². The number of benzene rings is 2. The van der Waals surface area contributed by atoms with Gasteiger partial charge in [0.25, 0.3) is 17.7 Å². The first kappa shape index (κ1) is 15.6. The number of furan rings is 1. The first-order chi connectivity index (χ1) is 12.0. The Bertz CT molecular complexity index is 1070. The molecule has 1 aliphatic heterocycles. The Hall–Kier alpha value is -2.93. The quantitative estimate of drug-likeness (QED) is 0.667. The highest BCUT2D eigenvalue weighted by molar-refractivity contribution is 9.10. The molecule has 0 fully saturated rings. The van der Waals surface area contributed by atoms with Gasteiger partial charge in [0.1, 0.15) is 5.58 Å². The van der Waals surface area contributed by atoms with Crippen LogP contribution in [-0.2, 0) is 0 Å². The van der Waals surface area contributed by atoms with Crippen molar-refractivity contribution in [3.63, 3.8) is 0 Å². The van der Waals surface area contributed by atoms with E-state index in [1.165, 1.54) is 19.2 Å². The fourth-order valence-corrected chi connectivity index (χ4v) is 3.23. The van der Waals surface area contributed by atoms with E-state index in [1.54, 1.807) is 12.1 Å². The number of amides is 3. The average Bonchev–Trinajstić information content (AvgIpc) is 3.13. The van der Waals surface area contributed by atoms with E-state index in [-0.39, 0.29) is 23.1 Å². The molecule has 1 N–H and O–H groups in total. The van der Waals surface area contributed by atoms with Crippen LogP contribution in [0, 0.1) is 0 Å². The molecule has 3 amide bonds. The van der Waals surface area contributed by atoms with Crippen LogP contribution in [0.4, 0.5) is 5.69 Å². The molecule has 0 radical (unpaired) electrons. The second kappa shape index (κ2) is 5.56. The highest BCUT2D eigenvalue weighted by Crippen LogP contribution is 2.28. The fraction of sp³-hybridized carbons (Fsp3) is 0.0556. The third-order valence-electron chi connectivity index (χ3n) is 4.07. The van der Waals surface area contributed by atoms with Gasteiger partial charge in [-0.15, -0.1) is 0 Å². The molecule has 0 saturated heterocycles. The number of imide groups is 1. The van der Waals surface area contributed by atoms with Crippen molar-refractivity contribution in [2.45, 2.75) is 0 Å². The summed E-state index contributed by atoms with van der Waals surface area (Å²) >= 11 is 3.38. The van der Waals surface area contributed by atoms with Gasteiger partial charge in [-0.25, -0.2) is 0 Å². The number of rotatable bonds is 2. The molecule has 0 atom stereocenters. The average molecular weight is 399 g/mol. The van der Waals surface area contributed by atoms with Crippen LogP contribution < -0.4 is 5.32 Å². The number of anilines is 1. The lowest BCUT2D eigenvalue weighted by molar-refractivity contribution is 0.0692. The fourth-order valence-electron chi connectivity index (χ4n) is 2.77. The maximum absolute atomic E-state index is 12.4. The minimum atomic E-state index is -0.437. The summed E-state index contributed by atoms with van der Waals surface area (Å²) < 4.78 is 6.35. The van der Waals surface area contributed by atoms with Crippen molar-refractivity contribution < 1.29 is 18.8 Å². The summed E-state index contributed by atoms with van der Waals surface area (Å²) in [6.07, 6.45) is 0. The molecule has 1 aliphatic rings. The van der Waals surface area contributed by atoms with Gasteiger partial charge in [0.15, 0.2) is 5.76 Å². The van der Waals surface area contributed by atoms with E-state index < -0.39 is 5.91 Å².